The molecule has 4 heteroatoms. The Labute approximate surface area is 142 Å². The predicted molar refractivity (Wildman–Crippen MR) is 97.1 cm³/mol. The fourth-order valence-corrected chi connectivity index (χ4v) is 3.25. The Kier molecular flexibility index (Phi) is 10.3. The van der Waals surface area contributed by atoms with Crippen molar-refractivity contribution in [2.24, 2.45) is 0 Å². The molecule has 0 bridgehead atoms. The Morgan fingerprint density at radius 2 is 1.67 bits per heavy atom. The molecule has 2 rings (SSSR count). The van der Waals surface area contributed by atoms with Crippen LogP contribution in [0.3, 0.4) is 0 Å². The summed E-state index contributed by atoms with van der Waals surface area (Å²) in [6, 6.07) is 7.33. The van der Waals surface area contributed by atoms with Gasteiger partial charge in [0.25, 0.3) is 0 Å². The number of halogens is 2. The van der Waals surface area contributed by atoms with E-state index in [0.29, 0.717) is 6.04 Å². The molecule has 1 atom stereocenters. The van der Waals surface area contributed by atoms with Gasteiger partial charge in [0, 0.05) is 32.2 Å². The van der Waals surface area contributed by atoms with Gasteiger partial charge in [0.15, 0.2) is 0 Å². The maximum absolute atomic E-state index is 3.46. The summed E-state index contributed by atoms with van der Waals surface area (Å²) in [6.45, 7) is 11.5. The summed E-state index contributed by atoms with van der Waals surface area (Å²) in [6.07, 6.45) is 3.90. The Bertz CT molecular complexity index is 384. The lowest BCUT2D eigenvalue weighted by atomic mass is 9.91. The average Bonchev–Trinajstić information content (AvgIpc) is 2.43. The van der Waals surface area contributed by atoms with Gasteiger partial charge in [0.05, 0.1) is 0 Å². The summed E-state index contributed by atoms with van der Waals surface area (Å²) in [5.74, 6) is 0. The van der Waals surface area contributed by atoms with Gasteiger partial charge in [-0.2, -0.15) is 0 Å². The number of hydrogen-bond donors (Lipinski definition) is 1. The van der Waals surface area contributed by atoms with E-state index in [-0.39, 0.29) is 24.8 Å². The van der Waals surface area contributed by atoms with Gasteiger partial charge in [-0.15, -0.1) is 24.8 Å². The van der Waals surface area contributed by atoms with Gasteiger partial charge < -0.3 is 5.32 Å². The summed E-state index contributed by atoms with van der Waals surface area (Å²) in [5, 5.41) is 3.46. The van der Waals surface area contributed by atoms with Crippen molar-refractivity contribution in [1.82, 2.24) is 10.2 Å². The molecule has 0 aromatic heterocycles. The highest BCUT2D eigenvalue weighted by atomic mass is 35.5. The van der Waals surface area contributed by atoms with Crippen molar-refractivity contribution in [3.63, 3.8) is 0 Å². The van der Waals surface area contributed by atoms with Crippen LogP contribution in [-0.2, 0) is 0 Å². The highest BCUT2D eigenvalue weighted by molar-refractivity contribution is 5.85. The van der Waals surface area contributed by atoms with Crippen LogP contribution >= 0.6 is 24.8 Å². The van der Waals surface area contributed by atoms with E-state index in [1.807, 2.05) is 0 Å². The Balaban J connectivity index is 0.00000200. The molecule has 0 saturated carbocycles. The average molecular weight is 333 g/mol. The van der Waals surface area contributed by atoms with Crippen molar-refractivity contribution >= 4 is 24.8 Å². The molecule has 0 radical (unpaired) electrons. The minimum Gasteiger partial charge on any atom is -0.314 e. The standard InChI is InChI=1S/C17H28N2.2ClH/c1-4-5-9-16(19-12-10-18-11-13-19)17-14(2)7-6-8-15(17)3;;/h6-8,16,18H,4-5,9-13H2,1-3H3;2*1H/t16-;;/m0../s1. The van der Waals surface area contributed by atoms with Crippen LogP contribution in [0.4, 0.5) is 0 Å². The van der Waals surface area contributed by atoms with Gasteiger partial charge in [-0.3, -0.25) is 4.90 Å². The lowest BCUT2D eigenvalue weighted by molar-refractivity contribution is 0.162. The fourth-order valence-electron chi connectivity index (χ4n) is 3.25. The van der Waals surface area contributed by atoms with E-state index in [4.69, 9.17) is 0 Å². The number of nitrogens with one attached hydrogen (secondary N) is 1. The molecule has 122 valence electrons. The van der Waals surface area contributed by atoms with Gasteiger partial charge in [0.2, 0.25) is 0 Å². The number of hydrogen-bond acceptors (Lipinski definition) is 2. The van der Waals surface area contributed by atoms with Gasteiger partial charge in [0.1, 0.15) is 0 Å². The van der Waals surface area contributed by atoms with Crippen LogP contribution in [-0.4, -0.2) is 31.1 Å². The third kappa shape index (κ3) is 5.45. The van der Waals surface area contributed by atoms with Crippen LogP contribution in [0, 0.1) is 13.8 Å². The summed E-state index contributed by atoms with van der Waals surface area (Å²) in [5.41, 5.74) is 4.50. The number of benzene rings is 1. The minimum absolute atomic E-state index is 0. The molecule has 1 heterocycles. The maximum atomic E-state index is 3.46. The summed E-state index contributed by atoms with van der Waals surface area (Å²) in [4.78, 5) is 2.68. The minimum atomic E-state index is 0. The summed E-state index contributed by atoms with van der Waals surface area (Å²) >= 11 is 0. The molecule has 0 amide bonds. The Hall–Kier alpha value is -0.280. The van der Waals surface area contributed by atoms with Crippen LogP contribution in [0.1, 0.15) is 48.9 Å². The normalized spacial score (nSPS) is 16.7. The Morgan fingerprint density at radius 3 is 2.19 bits per heavy atom. The quantitative estimate of drug-likeness (QED) is 0.865. The van der Waals surface area contributed by atoms with Crippen molar-refractivity contribution in [3.05, 3.63) is 34.9 Å². The topological polar surface area (TPSA) is 15.3 Å². The van der Waals surface area contributed by atoms with E-state index in [1.54, 1.807) is 5.56 Å². The maximum Gasteiger partial charge on any atom is 0.0354 e. The highest BCUT2D eigenvalue weighted by Gasteiger charge is 2.23. The molecule has 1 aliphatic heterocycles. The molecular formula is C17H30Cl2N2. The van der Waals surface area contributed by atoms with Gasteiger partial charge in [-0.25, -0.2) is 0 Å². The number of unbranched alkanes of at least 4 members (excludes halogenated alkanes) is 1. The molecule has 1 fully saturated rings. The van der Waals surface area contributed by atoms with Crippen LogP contribution in [0.25, 0.3) is 0 Å². The first-order valence-corrected chi connectivity index (χ1v) is 7.75. The molecule has 1 aliphatic rings. The zero-order valence-corrected chi connectivity index (χ0v) is 15.2. The predicted octanol–water partition coefficient (Wildman–Crippen LogP) is 4.28. The van der Waals surface area contributed by atoms with E-state index in [1.165, 1.54) is 43.5 Å². The van der Waals surface area contributed by atoms with Crippen LogP contribution in [0.2, 0.25) is 0 Å². The molecule has 1 saturated heterocycles. The first kappa shape index (κ1) is 20.7. The second-order valence-corrected chi connectivity index (χ2v) is 5.75. The number of nitrogens with zero attached hydrogens (tertiary/aromatic N) is 1. The highest BCUT2D eigenvalue weighted by Crippen LogP contribution is 2.31. The zero-order chi connectivity index (χ0) is 13.7. The third-order valence-electron chi connectivity index (χ3n) is 4.30. The molecule has 2 nitrogen and oxygen atoms in total. The smallest absolute Gasteiger partial charge is 0.0354 e. The van der Waals surface area contributed by atoms with Crippen LogP contribution in [0.5, 0.6) is 0 Å². The molecule has 1 aromatic rings. The molecule has 0 spiro atoms. The second-order valence-electron chi connectivity index (χ2n) is 5.75. The van der Waals surface area contributed by atoms with Crippen molar-refractivity contribution in [1.29, 1.82) is 0 Å². The first-order valence-electron chi connectivity index (χ1n) is 7.75. The van der Waals surface area contributed by atoms with E-state index < -0.39 is 0 Å². The number of rotatable bonds is 5. The lowest BCUT2D eigenvalue weighted by Gasteiger charge is -2.36. The zero-order valence-electron chi connectivity index (χ0n) is 13.5. The van der Waals surface area contributed by atoms with E-state index >= 15 is 0 Å². The number of aryl methyl sites for hydroxylation is 2. The molecule has 0 aliphatic carbocycles. The third-order valence-corrected chi connectivity index (χ3v) is 4.30. The van der Waals surface area contributed by atoms with Crippen molar-refractivity contribution < 1.29 is 0 Å². The van der Waals surface area contributed by atoms with E-state index in [0.717, 1.165) is 13.1 Å². The molecule has 21 heavy (non-hydrogen) atoms. The molecule has 1 N–H and O–H groups in total. The SMILES string of the molecule is CCCC[C@@H](c1c(C)cccc1C)N1CCNCC1.Cl.Cl. The van der Waals surface area contributed by atoms with Crippen LogP contribution < -0.4 is 5.32 Å². The van der Waals surface area contributed by atoms with E-state index in [2.05, 4.69) is 49.2 Å². The largest absolute Gasteiger partial charge is 0.314 e. The van der Waals surface area contributed by atoms with Crippen molar-refractivity contribution in [3.8, 4) is 0 Å². The van der Waals surface area contributed by atoms with Gasteiger partial charge in [-0.05, 0) is 37.0 Å². The fraction of sp³-hybridized carbons (Fsp3) is 0.647. The van der Waals surface area contributed by atoms with Crippen LogP contribution in [0.15, 0.2) is 18.2 Å². The van der Waals surface area contributed by atoms with E-state index in [9.17, 15) is 0 Å². The van der Waals surface area contributed by atoms with Gasteiger partial charge >= 0.3 is 0 Å². The summed E-state index contributed by atoms with van der Waals surface area (Å²) < 4.78 is 0. The number of piperazine rings is 1. The Morgan fingerprint density at radius 1 is 1.10 bits per heavy atom. The molecule has 1 aromatic carbocycles. The lowest BCUT2D eigenvalue weighted by Crippen LogP contribution is -2.45. The second kappa shape index (κ2) is 10.4. The first-order chi connectivity index (χ1) is 9.24. The van der Waals surface area contributed by atoms with Crippen molar-refractivity contribution in [2.75, 3.05) is 26.2 Å². The molecular weight excluding hydrogens is 303 g/mol. The van der Waals surface area contributed by atoms with Gasteiger partial charge in [-0.1, -0.05) is 38.0 Å². The van der Waals surface area contributed by atoms with Crippen molar-refractivity contribution in [2.45, 2.75) is 46.1 Å². The molecule has 0 unspecified atom stereocenters. The monoisotopic (exact) mass is 332 g/mol. The summed E-state index contributed by atoms with van der Waals surface area (Å²) in [7, 11) is 0.